The summed E-state index contributed by atoms with van der Waals surface area (Å²) < 4.78 is 6.83. The minimum Gasteiger partial charge on any atom is -0.494 e. The van der Waals surface area contributed by atoms with Gasteiger partial charge in [-0.25, -0.2) is 0 Å². The molecular weight excluding hydrogens is 356 g/mol. The zero-order chi connectivity index (χ0) is 20.3. The fourth-order valence-electron chi connectivity index (χ4n) is 3.79. The van der Waals surface area contributed by atoms with E-state index in [1.54, 1.807) is 24.3 Å². The van der Waals surface area contributed by atoms with E-state index in [0.717, 1.165) is 32.1 Å². The van der Waals surface area contributed by atoms with Crippen LogP contribution in [0, 0.1) is 18.3 Å². The smallest absolute Gasteiger partial charge is 0.271 e. The van der Waals surface area contributed by atoms with Gasteiger partial charge in [0, 0.05) is 11.6 Å². The number of aromatic nitrogens is 1. The Morgan fingerprint density at radius 1 is 1.36 bits per heavy atom. The Balaban J connectivity index is 2.13. The topological polar surface area (TPSA) is 92.3 Å². The number of nitriles is 1. The number of ether oxygens (including phenoxy) is 1. The monoisotopic (exact) mass is 380 g/mol. The van der Waals surface area contributed by atoms with Crippen molar-refractivity contribution in [2.24, 2.45) is 0 Å². The van der Waals surface area contributed by atoms with Gasteiger partial charge in [0.1, 0.15) is 17.4 Å². The van der Waals surface area contributed by atoms with Crippen LogP contribution in [0.4, 0.5) is 0 Å². The summed E-state index contributed by atoms with van der Waals surface area (Å²) in [5.41, 5.74) is -0.0558. The van der Waals surface area contributed by atoms with E-state index in [9.17, 15) is 20.0 Å². The quantitative estimate of drug-likeness (QED) is 0.768. The predicted octanol–water partition coefficient (Wildman–Crippen LogP) is 3.87. The van der Waals surface area contributed by atoms with Gasteiger partial charge in [-0.05, 0) is 43.9 Å². The van der Waals surface area contributed by atoms with Gasteiger partial charge in [-0.3, -0.25) is 14.2 Å². The summed E-state index contributed by atoms with van der Waals surface area (Å²) in [5, 5.41) is 20.4. The largest absolute Gasteiger partial charge is 0.494 e. The van der Waals surface area contributed by atoms with E-state index in [-0.39, 0.29) is 28.6 Å². The lowest BCUT2D eigenvalue weighted by Gasteiger charge is -2.20. The lowest BCUT2D eigenvalue weighted by atomic mass is 9.96. The number of hydrogen-bond acceptors (Lipinski definition) is 5. The van der Waals surface area contributed by atoms with E-state index in [2.05, 4.69) is 0 Å². The summed E-state index contributed by atoms with van der Waals surface area (Å²) in [5.74, 6) is -0.215. The van der Waals surface area contributed by atoms with Gasteiger partial charge in [0.25, 0.3) is 5.56 Å². The first kappa shape index (κ1) is 19.7. The number of nitrogens with zero attached hydrogens (tertiary/aromatic N) is 2. The summed E-state index contributed by atoms with van der Waals surface area (Å²) in [6.07, 6.45) is 4.24. The van der Waals surface area contributed by atoms with Crippen molar-refractivity contribution in [3.63, 3.8) is 0 Å². The van der Waals surface area contributed by atoms with E-state index in [4.69, 9.17) is 4.74 Å². The molecule has 1 fully saturated rings. The van der Waals surface area contributed by atoms with Crippen molar-refractivity contribution in [3.8, 4) is 17.7 Å². The maximum absolute atomic E-state index is 13.2. The Labute approximate surface area is 164 Å². The second kappa shape index (κ2) is 8.30. The van der Waals surface area contributed by atoms with Gasteiger partial charge < -0.3 is 9.84 Å². The Bertz CT molecular complexity index is 995. The van der Waals surface area contributed by atoms with Crippen LogP contribution < -0.4 is 10.3 Å². The van der Waals surface area contributed by atoms with Crippen LogP contribution in [0.15, 0.2) is 29.1 Å². The first-order chi connectivity index (χ1) is 13.5. The summed E-state index contributed by atoms with van der Waals surface area (Å²) in [6.45, 7) is 4.06. The third-order valence-electron chi connectivity index (χ3n) is 5.23. The molecule has 1 aromatic heterocycles. The molecule has 0 spiro atoms. The predicted molar refractivity (Wildman–Crippen MR) is 105 cm³/mol. The molecule has 0 aliphatic heterocycles. The van der Waals surface area contributed by atoms with E-state index >= 15 is 0 Å². The average molecular weight is 380 g/mol. The van der Waals surface area contributed by atoms with Crippen LogP contribution in [-0.2, 0) is 0 Å². The lowest BCUT2D eigenvalue weighted by Crippen LogP contribution is -2.29. The van der Waals surface area contributed by atoms with Crippen LogP contribution in [0.25, 0.3) is 0 Å². The van der Waals surface area contributed by atoms with Crippen LogP contribution in [0.5, 0.6) is 11.6 Å². The Morgan fingerprint density at radius 2 is 2.07 bits per heavy atom. The average Bonchev–Trinajstić information content (AvgIpc) is 3.21. The van der Waals surface area contributed by atoms with Crippen molar-refractivity contribution >= 4 is 5.78 Å². The third-order valence-corrected chi connectivity index (χ3v) is 5.23. The second-order valence-corrected chi connectivity index (χ2v) is 7.13. The molecule has 0 bridgehead atoms. The van der Waals surface area contributed by atoms with Crippen molar-refractivity contribution in [3.05, 3.63) is 56.9 Å². The molecule has 1 saturated carbocycles. The first-order valence-corrected chi connectivity index (χ1v) is 9.65. The molecule has 6 heteroatoms. The highest BCUT2D eigenvalue weighted by Crippen LogP contribution is 2.34. The standard InChI is InChI=1S/C22H24N2O4/c1-3-11-28-17-10-6-7-15(12-17)20(25)19-14(2)18(13-23)21(26)24(22(19)27)16-8-4-5-9-16/h6-7,10,12,16,27H,3-5,8-9,11H2,1-2H3. The molecule has 146 valence electrons. The highest BCUT2D eigenvalue weighted by atomic mass is 16.5. The molecular formula is C22H24N2O4. The molecule has 2 aromatic rings. The molecule has 0 amide bonds. The Morgan fingerprint density at radius 3 is 2.71 bits per heavy atom. The summed E-state index contributed by atoms with van der Waals surface area (Å²) in [6, 6.07) is 8.46. The molecule has 0 radical (unpaired) electrons. The number of ketones is 1. The Kier molecular flexibility index (Phi) is 5.84. The zero-order valence-electron chi connectivity index (χ0n) is 16.2. The SMILES string of the molecule is CCCOc1cccc(C(=O)c2c(C)c(C#N)c(=O)n(C3CCCC3)c2O)c1. The van der Waals surface area contributed by atoms with Crippen molar-refractivity contribution < 1.29 is 14.6 Å². The normalized spacial score (nSPS) is 14.0. The van der Waals surface area contributed by atoms with E-state index in [1.165, 1.54) is 11.5 Å². The number of carbonyl (C=O) groups is 1. The van der Waals surface area contributed by atoms with Gasteiger partial charge in [-0.2, -0.15) is 5.26 Å². The summed E-state index contributed by atoms with van der Waals surface area (Å²) >= 11 is 0. The van der Waals surface area contributed by atoms with Crippen LogP contribution >= 0.6 is 0 Å². The minimum atomic E-state index is -0.527. The fourth-order valence-corrected chi connectivity index (χ4v) is 3.79. The van der Waals surface area contributed by atoms with Gasteiger partial charge >= 0.3 is 0 Å². The van der Waals surface area contributed by atoms with Gasteiger partial charge in [-0.1, -0.05) is 31.9 Å². The van der Waals surface area contributed by atoms with Crippen molar-refractivity contribution in [1.82, 2.24) is 4.57 Å². The van der Waals surface area contributed by atoms with E-state index in [0.29, 0.717) is 17.9 Å². The summed E-state index contributed by atoms with van der Waals surface area (Å²) in [7, 11) is 0. The molecule has 3 rings (SSSR count). The molecule has 1 N–H and O–H groups in total. The molecule has 1 aromatic carbocycles. The molecule has 28 heavy (non-hydrogen) atoms. The third kappa shape index (κ3) is 3.53. The van der Waals surface area contributed by atoms with Crippen LogP contribution in [0.2, 0.25) is 0 Å². The molecule has 1 aliphatic rings. The summed E-state index contributed by atoms with van der Waals surface area (Å²) in [4.78, 5) is 26.0. The molecule has 0 atom stereocenters. The maximum atomic E-state index is 13.2. The molecule has 1 heterocycles. The molecule has 0 unspecified atom stereocenters. The first-order valence-electron chi connectivity index (χ1n) is 9.65. The van der Waals surface area contributed by atoms with Gasteiger partial charge in [0.05, 0.1) is 12.2 Å². The Hall–Kier alpha value is -3.07. The van der Waals surface area contributed by atoms with E-state index < -0.39 is 11.3 Å². The minimum absolute atomic E-state index is 0.00990. The van der Waals surface area contributed by atoms with Gasteiger partial charge in [0.2, 0.25) is 5.88 Å². The van der Waals surface area contributed by atoms with Crippen molar-refractivity contribution in [2.75, 3.05) is 6.61 Å². The van der Waals surface area contributed by atoms with Crippen LogP contribution in [-0.4, -0.2) is 22.1 Å². The fraction of sp³-hybridized carbons (Fsp3) is 0.409. The zero-order valence-corrected chi connectivity index (χ0v) is 16.2. The van der Waals surface area contributed by atoms with Crippen molar-refractivity contribution in [1.29, 1.82) is 5.26 Å². The number of hydrogen-bond donors (Lipinski definition) is 1. The van der Waals surface area contributed by atoms with Crippen LogP contribution in [0.3, 0.4) is 0 Å². The molecule has 6 nitrogen and oxygen atoms in total. The molecule has 0 saturated heterocycles. The number of aromatic hydroxyl groups is 1. The van der Waals surface area contributed by atoms with E-state index in [1.807, 2.05) is 13.0 Å². The van der Waals surface area contributed by atoms with Crippen molar-refractivity contribution in [2.45, 2.75) is 52.0 Å². The maximum Gasteiger partial charge on any atom is 0.271 e. The number of benzene rings is 1. The number of pyridine rings is 1. The number of rotatable bonds is 6. The molecule has 1 aliphatic carbocycles. The second-order valence-electron chi connectivity index (χ2n) is 7.13. The van der Waals surface area contributed by atoms with Crippen LogP contribution in [0.1, 0.15) is 72.1 Å². The highest BCUT2D eigenvalue weighted by Gasteiger charge is 2.29. The number of carbonyl (C=O) groups excluding carboxylic acids is 1. The lowest BCUT2D eigenvalue weighted by molar-refractivity contribution is 0.103. The van der Waals surface area contributed by atoms with Gasteiger partial charge in [-0.15, -0.1) is 0 Å². The van der Waals surface area contributed by atoms with Gasteiger partial charge in [0.15, 0.2) is 5.78 Å². The highest BCUT2D eigenvalue weighted by molar-refractivity contribution is 6.11.